The lowest BCUT2D eigenvalue weighted by Gasteiger charge is -2.09. The molecule has 0 aliphatic carbocycles. The number of aryl methyl sites for hydroxylation is 1. The summed E-state index contributed by atoms with van der Waals surface area (Å²) in [5.41, 5.74) is 1.91. The maximum absolute atomic E-state index is 12.2. The molecule has 2 N–H and O–H groups in total. The lowest BCUT2D eigenvalue weighted by molar-refractivity contribution is 0.102. The van der Waals surface area contributed by atoms with E-state index in [0.717, 1.165) is 5.69 Å². The molecule has 4 nitrogen and oxygen atoms in total. The highest BCUT2D eigenvalue weighted by atomic mass is 35.5. The van der Waals surface area contributed by atoms with Crippen LogP contribution < -0.4 is 10.6 Å². The first kappa shape index (κ1) is 13.4. The van der Waals surface area contributed by atoms with Crippen molar-refractivity contribution in [2.45, 2.75) is 6.92 Å². The van der Waals surface area contributed by atoms with Gasteiger partial charge in [-0.1, -0.05) is 23.7 Å². The van der Waals surface area contributed by atoms with Gasteiger partial charge in [0.1, 0.15) is 5.82 Å². The van der Waals surface area contributed by atoms with E-state index in [0.29, 0.717) is 22.1 Å². The molecule has 0 saturated heterocycles. The molecule has 1 amide bonds. The van der Waals surface area contributed by atoms with Crippen molar-refractivity contribution in [2.24, 2.45) is 0 Å². The minimum atomic E-state index is -0.213. The van der Waals surface area contributed by atoms with Gasteiger partial charge in [0.15, 0.2) is 0 Å². The minimum Gasteiger partial charge on any atom is -0.373 e. The van der Waals surface area contributed by atoms with Gasteiger partial charge in [-0.2, -0.15) is 0 Å². The average Bonchev–Trinajstić information content (AvgIpc) is 2.40. The highest BCUT2D eigenvalue weighted by molar-refractivity contribution is 6.33. The molecule has 1 aromatic carbocycles. The van der Waals surface area contributed by atoms with Crippen LogP contribution in [0.25, 0.3) is 0 Å². The van der Waals surface area contributed by atoms with Crippen molar-refractivity contribution >= 4 is 29.0 Å². The fourth-order valence-electron chi connectivity index (χ4n) is 1.68. The largest absolute Gasteiger partial charge is 0.373 e. The molecular formula is C14H14ClN3O. The van der Waals surface area contributed by atoms with Crippen molar-refractivity contribution in [3.8, 4) is 0 Å². The van der Waals surface area contributed by atoms with E-state index in [-0.39, 0.29) is 5.91 Å². The number of carbonyl (C=O) groups excluding carboxylic acids is 1. The van der Waals surface area contributed by atoms with E-state index in [4.69, 9.17) is 11.6 Å². The number of benzene rings is 1. The van der Waals surface area contributed by atoms with Gasteiger partial charge in [0.2, 0.25) is 0 Å². The monoisotopic (exact) mass is 275 g/mol. The number of hydrogen-bond donors (Lipinski definition) is 2. The molecule has 0 saturated carbocycles. The Kier molecular flexibility index (Phi) is 4.02. The molecule has 2 rings (SSSR count). The summed E-state index contributed by atoms with van der Waals surface area (Å²) in [5.74, 6) is 0.444. The lowest BCUT2D eigenvalue weighted by atomic mass is 10.2. The van der Waals surface area contributed by atoms with Crippen LogP contribution in [0.3, 0.4) is 0 Å². The van der Waals surface area contributed by atoms with Crippen molar-refractivity contribution in [3.63, 3.8) is 0 Å². The molecule has 1 heterocycles. The number of amides is 1. The fraction of sp³-hybridized carbons (Fsp3) is 0.143. The van der Waals surface area contributed by atoms with Gasteiger partial charge in [0.05, 0.1) is 10.7 Å². The number of nitrogens with zero attached hydrogens (tertiary/aromatic N) is 1. The summed E-state index contributed by atoms with van der Waals surface area (Å²) in [6.45, 7) is 1.84. The number of nitrogens with one attached hydrogen (secondary N) is 2. The number of aromatic nitrogens is 1. The van der Waals surface area contributed by atoms with Crippen molar-refractivity contribution < 1.29 is 4.79 Å². The second kappa shape index (κ2) is 5.71. The van der Waals surface area contributed by atoms with Crippen LogP contribution in [0.4, 0.5) is 11.5 Å². The molecular weight excluding hydrogens is 262 g/mol. The molecule has 1 aromatic heterocycles. The van der Waals surface area contributed by atoms with Gasteiger partial charge in [-0.25, -0.2) is 4.98 Å². The van der Waals surface area contributed by atoms with Gasteiger partial charge in [-0.15, -0.1) is 0 Å². The highest BCUT2D eigenvalue weighted by Crippen LogP contribution is 2.21. The lowest BCUT2D eigenvalue weighted by Crippen LogP contribution is -2.13. The molecule has 0 unspecified atom stereocenters. The van der Waals surface area contributed by atoms with Crippen LogP contribution in [0.15, 0.2) is 36.4 Å². The van der Waals surface area contributed by atoms with Crippen molar-refractivity contribution in [1.29, 1.82) is 0 Å². The molecule has 0 aliphatic heterocycles. The Labute approximate surface area is 116 Å². The van der Waals surface area contributed by atoms with E-state index in [1.807, 2.05) is 19.1 Å². The van der Waals surface area contributed by atoms with Crippen LogP contribution >= 0.6 is 11.6 Å². The van der Waals surface area contributed by atoms with Crippen molar-refractivity contribution in [1.82, 2.24) is 4.98 Å². The van der Waals surface area contributed by atoms with Gasteiger partial charge < -0.3 is 10.6 Å². The SMILES string of the molecule is CNc1cc(C(=O)Nc2ccccc2Cl)cc(C)n1. The predicted octanol–water partition coefficient (Wildman–Crippen LogP) is 3.34. The Morgan fingerprint density at radius 2 is 2.00 bits per heavy atom. The third kappa shape index (κ3) is 3.23. The Hall–Kier alpha value is -2.07. The van der Waals surface area contributed by atoms with Gasteiger partial charge in [0.25, 0.3) is 5.91 Å². The molecule has 0 fully saturated rings. The zero-order valence-corrected chi connectivity index (χ0v) is 11.5. The van der Waals surface area contributed by atoms with Crippen LogP contribution in [0.5, 0.6) is 0 Å². The summed E-state index contributed by atoms with van der Waals surface area (Å²) in [7, 11) is 1.76. The number of halogens is 1. The average molecular weight is 276 g/mol. The summed E-state index contributed by atoms with van der Waals surface area (Å²) in [4.78, 5) is 16.4. The topological polar surface area (TPSA) is 54.0 Å². The van der Waals surface area contributed by atoms with Gasteiger partial charge >= 0.3 is 0 Å². The maximum atomic E-state index is 12.2. The molecule has 0 atom stereocenters. The standard InChI is InChI=1S/C14H14ClN3O/c1-9-7-10(8-13(16-2)17-9)14(19)18-12-6-4-3-5-11(12)15/h3-8H,1-2H3,(H,16,17)(H,18,19). The van der Waals surface area contributed by atoms with E-state index >= 15 is 0 Å². The molecule has 0 radical (unpaired) electrons. The number of hydrogen-bond acceptors (Lipinski definition) is 3. The van der Waals surface area contributed by atoms with E-state index in [9.17, 15) is 4.79 Å². The molecule has 2 aromatic rings. The van der Waals surface area contributed by atoms with Crippen molar-refractivity contribution in [3.05, 3.63) is 52.7 Å². The smallest absolute Gasteiger partial charge is 0.255 e. The zero-order valence-electron chi connectivity index (χ0n) is 10.7. The van der Waals surface area contributed by atoms with Gasteiger partial charge in [0, 0.05) is 18.3 Å². The fourth-order valence-corrected chi connectivity index (χ4v) is 1.87. The normalized spacial score (nSPS) is 10.1. The third-order valence-electron chi connectivity index (χ3n) is 2.59. The molecule has 0 aliphatic rings. The first-order valence-electron chi connectivity index (χ1n) is 5.82. The molecule has 19 heavy (non-hydrogen) atoms. The number of pyridine rings is 1. The predicted molar refractivity (Wildman–Crippen MR) is 77.9 cm³/mol. The molecule has 5 heteroatoms. The Morgan fingerprint density at radius 3 is 2.68 bits per heavy atom. The van der Waals surface area contributed by atoms with Crippen LogP contribution in [0.1, 0.15) is 16.1 Å². The number of rotatable bonds is 3. The van der Waals surface area contributed by atoms with E-state index in [2.05, 4.69) is 15.6 Å². The quantitative estimate of drug-likeness (QED) is 0.903. The van der Waals surface area contributed by atoms with Crippen LogP contribution in [-0.4, -0.2) is 17.9 Å². The number of anilines is 2. The van der Waals surface area contributed by atoms with Gasteiger partial charge in [-0.05, 0) is 31.2 Å². The van der Waals surface area contributed by atoms with Crippen molar-refractivity contribution in [2.75, 3.05) is 17.7 Å². The maximum Gasteiger partial charge on any atom is 0.255 e. The molecule has 98 valence electrons. The number of carbonyl (C=O) groups is 1. The first-order valence-corrected chi connectivity index (χ1v) is 6.20. The Bertz CT molecular complexity index is 613. The first-order chi connectivity index (χ1) is 9.10. The minimum absolute atomic E-state index is 0.213. The van der Waals surface area contributed by atoms with E-state index < -0.39 is 0 Å². The van der Waals surface area contributed by atoms with E-state index in [1.165, 1.54) is 0 Å². The number of para-hydroxylation sites is 1. The van der Waals surface area contributed by atoms with Crippen LogP contribution in [0, 0.1) is 6.92 Å². The summed E-state index contributed by atoms with van der Waals surface area (Å²) in [6, 6.07) is 10.5. The Morgan fingerprint density at radius 1 is 1.26 bits per heavy atom. The summed E-state index contributed by atoms with van der Waals surface area (Å²) < 4.78 is 0. The Balaban J connectivity index is 2.25. The summed E-state index contributed by atoms with van der Waals surface area (Å²) in [6.07, 6.45) is 0. The third-order valence-corrected chi connectivity index (χ3v) is 2.92. The zero-order chi connectivity index (χ0) is 13.8. The second-order valence-corrected chi connectivity index (χ2v) is 4.47. The van der Waals surface area contributed by atoms with Crippen LogP contribution in [0.2, 0.25) is 5.02 Å². The highest BCUT2D eigenvalue weighted by Gasteiger charge is 2.10. The van der Waals surface area contributed by atoms with Crippen LogP contribution in [-0.2, 0) is 0 Å². The molecule has 0 spiro atoms. The summed E-state index contributed by atoms with van der Waals surface area (Å²) >= 11 is 6.01. The summed E-state index contributed by atoms with van der Waals surface area (Å²) in [5, 5.41) is 6.21. The van der Waals surface area contributed by atoms with Gasteiger partial charge in [-0.3, -0.25) is 4.79 Å². The van der Waals surface area contributed by atoms with E-state index in [1.54, 1.807) is 31.3 Å². The second-order valence-electron chi connectivity index (χ2n) is 4.07. The molecule has 0 bridgehead atoms.